The Kier molecular flexibility index (Phi) is 28.8. The van der Waals surface area contributed by atoms with Crippen LogP contribution in [0.3, 0.4) is 0 Å². The molecule has 0 saturated heterocycles. The largest absolute Gasteiger partial charge is 1.00 e. The van der Waals surface area contributed by atoms with Crippen molar-refractivity contribution >= 4 is 87.8 Å². The number of hydrogen-bond donors (Lipinski definition) is 8. The third kappa shape index (κ3) is 23.2. The molecule has 0 aliphatic heterocycles. The third-order valence-electron chi connectivity index (χ3n) is 7.98. The molecule has 0 aliphatic rings. The maximum absolute atomic E-state index is 12.4. The molecule has 4 aromatic rings. The first-order chi connectivity index (χ1) is 28.9. The number of aromatic nitrogens is 6. The van der Waals surface area contributed by atoms with E-state index in [1.807, 2.05) is 0 Å². The Hall–Kier alpha value is -1.12. The molecule has 8 N–H and O–H groups in total. The average molecular weight is 1040 g/mol. The molecule has 0 aliphatic carbocycles. The van der Waals surface area contributed by atoms with E-state index >= 15 is 0 Å². The number of nitrogens with zero attached hydrogens (tertiary/aromatic N) is 6. The number of aliphatic hydroxyl groups is 4. The molecule has 26 nitrogen and oxygen atoms in total. The van der Waals surface area contributed by atoms with Crippen LogP contribution in [0.1, 0.15) is 35.6 Å². The number of rotatable bonds is 24. The molecule has 0 spiro atoms. The molecule has 2 aromatic heterocycles. The SMILES string of the molecule is O=S(=O)([O-])CCNc1nc(CCC(O)CO)nc(Nc2ccc(C=Cc3ccc(Nc4nc(CCC(O)CO)nc(NCCS(=O)(=O)[O-])n4)cc3S(=O)(=O)[O-])c(S(=O)(=O)[O-])c2)n1.[Na+].[Na+].[Na+].[Na+]. The van der Waals surface area contributed by atoms with E-state index < -0.39 is 100 Å². The van der Waals surface area contributed by atoms with Crippen LogP contribution in [-0.2, 0) is 53.3 Å². The van der Waals surface area contributed by atoms with Gasteiger partial charge < -0.3 is 59.9 Å². The fraction of sp³-hybridized carbons (Fsp3) is 0.375. The van der Waals surface area contributed by atoms with Crippen LogP contribution in [0.5, 0.6) is 0 Å². The van der Waals surface area contributed by atoms with Gasteiger partial charge in [-0.3, -0.25) is 0 Å². The predicted molar refractivity (Wildman–Crippen MR) is 213 cm³/mol. The summed E-state index contributed by atoms with van der Waals surface area (Å²) in [5.41, 5.74) is -0.664. The van der Waals surface area contributed by atoms with Crippen molar-refractivity contribution in [2.75, 3.05) is 59.1 Å². The summed E-state index contributed by atoms with van der Waals surface area (Å²) < 4.78 is 141. The molecule has 2 aromatic carbocycles. The fourth-order valence-corrected chi connectivity index (χ4v) is 7.15. The monoisotopic (exact) mass is 1040 g/mol. The first-order valence-corrected chi connectivity index (χ1v) is 23.7. The summed E-state index contributed by atoms with van der Waals surface area (Å²) >= 11 is 0. The van der Waals surface area contributed by atoms with Gasteiger partial charge in [-0.2, -0.15) is 29.9 Å². The predicted octanol–water partition coefficient (Wildman–Crippen LogP) is -14.0. The number of aryl methyl sites for hydroxylation is 2. The van der Waals surface area contributed by atoms with Crippen molar-refractivity contribution in [1.82, 2.24) is 29.9 Å². The van der Waals surface area contributed by atoms with Crippen LogP contribution < -0.4 is 139 Å². The van der Waals surface area contributed by atoms with Gasteiger partial charge >= 0.3 is 118 Å². The molecule has 340 valence electrons. The summed E-state index contributed by atoms with van der Waals surface area (Å²) in [6.45, 7) is -1.94. The Morgan fingerprint density at radius 3 is 1.17 bits per heavy atom. The second kappa shape index (κ2) is 29.3. The molecular formula is C32H38N10Na4O16S4. The topological polar surface area (TPSA) is 435 Å². The van der Waals surface area contributed by atoms with Gasteiger partial charge in [-0.1, -0.05) is 24.3 Å². The van der Waals surface area contributed by atoms with E-state index in [-0.39, 0.29) is 202 Å². The average Bonchev–Trinajstić information content (AvgIpc) is 3.17. The van der Waals surface area contributed by atoms with Crippen LogP contribution in [0, 0.1) is 0 Å². The second-order valence-electron chi connectivity index (χ2n) is 12.9. The van der Waals surface area contributed by atoms with Crippen LogP contribution in [0.4, 0.5) is 35.2 Å². The molecule has 2 unspecified atom stereocenters. The summed E-state index contributed by atoms with van der Waals surface area (Å²) in [6, 6.07) is 6.65. The van der Waals surface area contributed by atoms with Gasteiger partial charge in [0.25, 0.3) is 0 Å². The van der Waals surface area contributed by atoms with E-state index in [2.05, 4.69) is 51.2 Å². The number of anilines is 6. The van der Waals surface area contributed by atoms with Crippen LogP contribution in [-0.4, -0.2) is 152 Å². The molecular weight excluding hydrogens is 1000 g/mol. The molecule has 0 fully saturated rings. The minimum atomic E-state index is -5.26. The van der Waals surface area contributed by atoms with Crippen LogP contribution in [0.2, 0.25) is 0 Å². The Bertz CT molecular complexity index is 2530. The zero-order chi connectivity index (χ0) is 45.9. The van der Waals surface area contributed by atoms with Gasteiger partial charge in [0.1, 0.15) is 31.9 Å². The second-order valence-corrected chi connectivity index (χ2v) is 18.7. The van der Waals surface area contributed by atoms with Crippen molar-refractivity contribution in [3.05, 3.63) is 59.2 Å². The Labute approximate surface area is 468 Å². The minimum absolute atomic E-state index is 0. The smallest absolute Gasteiger partial charge is 0.748 e. The van der Waals surface area contributed by atoms with E-state index in [4.69, 9.17) is 10.2 Å². The standard InChI is InChI=1S/C32H42N10O16S4.4Na/c43-17-23(45)7-9-27-37-29(33-11-13-59(47,48)49)41-31(39-27)35-21-5-3-19(25(15-21)61(53,54)55)1-2-20-4-6-22(16-26(20)62(56,57)58)36-32-40-28(10-8-24(46)18-44)38-30(42-32)34-12-14-60(50,51)52;;;;/h1-6,15-16,23-24,43-46H,7-14,17-18H2,(H,47,48,49)(H,50,51,52)(H,53,54,55)(H,56,57,58)(H2,33,35,37,39,41)(H2,34,36,38,40,42);;;;/q;4*+1/p-4. The molecule has 0 radical (unpaired) electrons. The van der Waals surface area contributed by atoms with E-state index in [1.165, 1.54) is 12.1 Å². The molecule has 0 bridgehead atoms. The molecule has 4 rings (SSSR count). The number of nitrogens with one attached hydrogen (secondary N) is 4. The summed E-state index contributed by atoms with van der Waals surface area (Å²) in [7, 11) is -19.7. The first-order valence-electron chi connectivity index (χ1n) is 17.8. The molecule has 0 amide bonds. The van der Waals surface area contributed by atoms with Crippen LogP contribution in [0.15, 0.2) is 46.2 Å². The zero-order valence-corrected chi connectivity index (χ0v) is 47.1. The summed E-state index contributed by atoms with van der Waals surface area (Å²) in [6.07, 6.45) is -0.251. The van der Waals surface area contributed by atoms with Crippen molar-refractivity contribution in [2.45, 2.75) is 47.7 Å². The van der Waals surface area contributed by atoms with Crippen molar-refractivity contribution in [3.63, 3.8) is 0 Å². The van der Waals surface area contributed by atoms with Gasteiger partial charge in [0.05, 0.1) is 67.0 Å². The molecule has 0 saturated carbocycles. The summed E-state index contributed by atoms with van der Waals surface area (Å²) in [5, 5.41) is 48.2. The Morgan fingerprint density at radius 1 is 0.530 bits per heavy atom. The van der Waals surface area contributed by atoms with Gasteiger partial charge in [-0.15, -0.1) is 0 Å². The molecule has 34 heteroatoms. The van der Waals surface area contributed by atoms with E-state index in [0.29, 0.717) is 0 Å². The van der Waals surface area contributed by atoms with Crippen LogP contribution >= 0.6 is 0 Å². The maximum Gasteiger partial charge on any atom is 1.00 e. The van der Waals surface area contributed by atoms with Crippen molar-refractivity contribution in [2.24, 2.45) is 0 Å². The summed E-state index contributed by atoms with van der Waals surface area (Å²) in [5.74, 6) is -2.56. The number of aliphatic hydroxyl groups excluding tert-OH is 4. The van der Waals surface area contributed by atoms with Crippen molar-refractivity contribution < 1.29 is 191 Å². The van der Waals surface area contributed by atoms with Crippen molar-refractivity contribution in [1.29, 1.82) is 0 Å². The number of hydrogen-bond acceptors (Lipinski definition) is 26. The van der Waals surface area contributed by atoms with Gasteiger partial charge in [-0.05, 0) is 48.2 Å². The minimum Gasteiger partial charge on any atom is -0.748 e. The normalized spacial score (nSPS) is 12.7. The summed E-state index contributed by atoms with van der Waals surface area (Å²) in [4.78, 5) is 22.9. The quantitative estimate of drug-likeness (QED) is 0.0183. The van der Waals surface area contributed by atoms with Gasteiger partial charge in [-0.25, -0.2) is 33.7 Å². The third-order valence-corrected chi connectivity index (χ3v) is 11.2. The molecule has 2 heterocycles. The Morgan fingerprint density at radius 2 is 0.864 bits per heavy atom. The van der Waals surface area contributed by atoms with E-state index in [0.717, 1.165) is 36.4 Å². The Balaban J connectivity index is 0.0000106. The first kappa shape index (κ1) is 64.9. The molecule has 2 atom stereocenters. The van der Waals surface area contributed by atoms with E-state index in [9.17, 15) is 62.1 Å². The fourth-order valence-electron chi connectivity index (χ4n) is 5.05. The van der Waals surface area contributed by atoms with E-state index in [1.54, 1.807) is 0 Å². The zero-order valence-electron chi connectivity index (χ0n) is 35.8. The van der Waals surface area contributed by atoms with Gasteiger partial charge in [0.2, 0.25) is 23.8 Å². The van der Waals surface area contributed by atoms with Gasteiger partial charge in [0.15, 0.2) is 0 Å². The van der Waals surface area contributed by atoms with Crippen molar-refractivity contribution in [3.8, 4) is 0 Å². The maximum atomic E-state index is 12.4. The van der Waals surface area contributed by atoms with Gasteiger partial charge in [0, 0.05) is 37.3 Å². The number of benzene rings is 2. The molecule has 66 heavy (non-hydrogen) atoms. The van der Waals surface area contributed by atoms with Crippen LogP contribution in [0.25, 0.3) is 12.2 Å².